The molecule has 0 aliphatic carbocycles. The quantitative estimate of drug-likeness (QED) is 0.637. The predicted octanol–water partition coefficient (Wildman–Crippen LogP) is -0.549. The van der Waals surface area contributed by atoms with E-state index >= 15 is 0 Å². The van der Waals surface area contributed by atoms with E-state index in [-0.39, 0.29) is 21.8 Å². The lowest BCUT2D eigenvalue weighted by Gasteiger charge is -2.31. The third-order valence-corrected chi connectivity index (χ3v) is 3.91. The van der Waals surface area contributed by atoms with Crippen LogP contribution in [-0.4, -0.2) is 45.8 Å². The highest BCUT2D eigenvalue weighted by Gasteiger charge is 2.25. The molecule has 0 aromatic heterocycles. The molecular formula is C11H15N3O5S. The van der Waals surface area contributed by atoms with Gasteiger partial charge in [-0.25, -0.2) is 18.4 Å². The van der Waals surface area contributed by atoms with Crippen molar-refractivity contribution in [2.24, 2.45) is 5.14 Å². The highest BCUT2D eigenvalue weighted by atomic mass is 32.2. The van der Waals surface area contributed by atoms with Gasteiger partial charge in [-0.1, -0.05) is 0 Å². The van der Waals surface area contributed by atoms with Crippen LogP contribution in [0, 0.1) is 0 Å². The number of morpholine rings is 1. The highest BCUT2D eigenvalue weighted by molar-refractivity contribution is 7.89. The smallest absolute Gasteiger partial charge is 0.335 e. The second-order valence-corrected chi connectivity index (χ2v) is 5.89. The van der Waals surface area contributed by atoms with Crippen LogP contribution in [0.1, 0.15) is 10.4 Å². The molecule has 0 amide bonds. The van der Waals surface area contributed by atoms with Crippen LogP contribution in [0.15, 0.2) is 17.0 Å². The number of nitrogens with two attached hydrogens (primary N) is 2. The van der Waals surface area contributed by atoms with Crippen LogP contribution in [-0.2, 0) is 14.8 Å². The van der Waals surface area contributed by atoms with Crippen molar-refractivity contribution in [1.29, 1.82) is 0 Å². The molecule has 110 valence electrons. The number of hydrogen-bond acceptors (Lipinski definition) is 6. The Bertz CT molecular complexity index is 638. The number of ether oxygens (including phenoxy) is 1. The lowest BCUT2D eigenvalue weighted by Crippen LogP contribution is -2.38. The van der Waals surface area contributed by atoms with E-state index in [1.54, 1.807) is 4.90 Å². The van der Waals surface area contributed by atoms with Gasteiger partial charge in [0.25, 0.3) is 0 Å². The summed E-state index contributed by atoms with van der Waals surface area (Å²) in [5.41, 5.74) is 5.91. The lowest BCUT2D eigenvalue weighted by atomic mass is 10.1. The maximum Gasteiger partial charge on any atom is 0.335 e. The number of anilines is 2. The largest absolute Gasteiger partial charge is 0.478 e. The Balaban J connectivity index is 2.62. The summed E-state index contributed by atoms with van der Waals surface area (Å²) in [5.74, 6) is -1.27. The predicted molar refractivity (Wildman–Crippen MR) is 72.2 cm³/mol. The third kappa shape index (κ3) is 2.84. The number of aromatic carboxylic acids is 1. The van der Waals surface area contributed by atoms with Crippen molar-refractivity contribution in [3.63, 3.8) is 0 Å². The van der Waals surface area contributed by atoms with Crippen LogP contribution in [0.2, 0.25) is 0 Å². The van der Waals surface area contributed by atoms with E-state index in [0.29, 0.717) is 26.3 Å². The average molecular weight is 301 g/mol. The summed E-state index contributed by atoms with van der Waals surface area (Å²) in [6.07, 6.45) is 0. The summed E-state index contributed by atoms with van der Waals surface area (Å²) >= 11 is 0. The highest BCUT2D eigenvalue weighted by Crippen LogP contribution is 2.33. The van der Waals surface area contributed by atoms with Crippen molar-refractivity contribution in [3.05, 3.63) is 17.7 Å². The van der Waals surface area contributed by atoms with E-state index in [2.05, 4.69) is 0 Å². The van der Waals surface area contributed by atoms with Crippen LogP contribution in [0.3, 0.4) is 0 Å². The molecule has 1 aliphatic heterocycles. The van der Waals surface area contributed by atoms with Crippen LogP contribution < -0.4 is 15.8 Å². The number of carbonyl (C=O) groups is 1. The fourth-order valence-electron chi connectivity index (χ4n) is 2.10. The van der Waals surface area contributed by atoms with Crippen LogP contribution >= 0.6 is 0 Å². The molecule has 5 N–H and O–H groups in total. The molecule has 1 aromatic carbocycles. The zero-order chi connectivity index (χ0) is 14.9. The van der Waals surface area contributed by atoms with Crippen LogP contribution in [0.4, 0.5) is 11.4 Å². The normalized spacial score (nSPS) is 16.1. The van der Waals surface area contributed by atoms with E-state index in [0.717, 1.165) is 6.07 Å². The molecule has 0 spiro atoms. The molecule has 0 atom stereocenters. The molecular weight excluding hydrogens is 286 g/mol. The first kappa shape index (κ1) is 14.6. The Morgan fingerprint density at radius 3 is 2.40 bits per heavy atom. The maximum absolute atomic E-state index is 11.7. The van der Waals surface area contributed by atoms with Gasteiger partial charge in [0, 0.05) is 13.1 Å². The second-order valence-electron chi connectivity index (χ2n) is 4.36. The molecule has 0 unspecified atom stereocenters. The lowest BCUT2D eigenvalue weighted by molar-refractivity contribution is 0.0696. The molecule has 1 heterocycles. The standard InChI is InChI=1S/C11H15N3O5S/c12-8-5-7(11(15)16)6-9(20(13,17)18)10(8)14-1-3-19-4-2-14/h5-6H,1-4,12H2,(H,15,16)(H2,13,17,18). The Kier molecular flexibility index (Phi) is 3.84. The summed E-state index contributed by atoms with van der Waals surface area (Å²) in [6, 6.07) is 2.25. The summed E-state index contributed by atoms with van der Waals surface area (Å²) in [4.78, 5) is 12.4. The monoisotopic (exact) mass is 301 g/mol. The molecule has 1 saturated heterocycles. The molecule has 0 bridgehead atoms. The number of sulfonamides is 1. The van der Waals surface area contributed by atoms with Crippen molar-refractivity contribution in [1.82, 2.24) is 0 Å². The van der Waals surface area contributed by atoms with Crippen LogP contribution in [0.5, 0.6) is 0 Å². The van der Waals surface area contributed by atoms with Gasteiger partial charge in [0.05, 0.1) is 30.2 Å². The van der Waals surface area contributed by atoms with Gasteiger partial charge in [0.2, 0.25) is 10.0 Å². The van der Waals surface area contributed by atoms with Gasteiger partial charge in [-0.2, -0.15) is 0 Å². The number of nitrogen functional groups attached to an aromatic ring is 1. The zero-order valence-electron chi connectivity index (χ0n) is 10.6. The Hall–Kier alpha value is -1.84. The number of nitrogens with zero attached hydrogens (tertiary/aromatic N) is 1. The van der Waals surface area contributed by atoms with Crippen molar-refractivity contribution in [2.45, 2.75) is 4.90 Å². The summed E-state index contributed by atoms with van der Waals surface area (Å²) < 4.78 is 28.6. The maximum atomic E-state index is 11.7. The molecule has 2 rings (SSSR count). The molecule has 0 saturated carbocycles. The number of benzene rings is 1. The van der Waals surface area contributed by atoms with E-state index in [9.17, 15) is 13.2 Å². The molecule has 0 radical (unpaired) electrons. The average Bonchev–Trinajstić information content (AvgIpc) is 2.37. The fraction of sp³-hybridized carbons (Fsp3) is 0.364. The molecule has 1 aliphatic rings. The summed E-state index contributed by atoms with van der Waals surface area (Å²) in [6.45, 7) is 1.78. The fourth-order valence-corrected chi connectivity index (χ4v) is 2.90. The zero-order valence-corrected chi connectivity index (χ0v) is 11.4. The number of hydrogen-bond donors (Lipinski definition) is 3. The number of carboxylic acids is 1. The summed E-state index contributed by atoms with van der Waals surface area (Å²) in [5, 5.41) is 14.1. The van der Waals surface area contributed by atoms with Crippen molar-refractivity contribution >= 4 is 27.4 Å². The molecule has 8 nitrogen and oxygen atoms in total. The molecule has 1 aromatic rings. The van der Waals surface area contributed by atoms with Gasteiger partial charge in [0.1, 0.15) is 4.90 Å². The van der Waals surface area contributed by atoms with Crippen molar-refractivity contribution < 1.29 is 23.1 Å². The number of primary sulfonamides is 1. The first-order valence-corrected chi connectivity index (χ1v) is 7.37. The Morgan fingerprint density at radius 2 is 1.90 bits per heavy atom. The van der Waals surface area contributed by atoms with E-state index in [1.807, 2.05) is 0 Å². The number of rotatable bonds is 3. The van der Waals surface area contributed by atoms with Gasteiger partial charge in [-0.3, -0.25) is 0 Å². The Labute approximate surface area is 116 Å². The van der Waals surface area contributed by atoms with E-state index in [1.165, 1.54) is 6.07 Å². The Morgan fingerprint density at radius 1 is 1.30 bits per heavy atom. The van der Waals surface area contributed by atoms with Gasteiger partial charge in [0.15, 0.2) is 0 Å². The van der Waals surface area contributed by atoms with Crippen molar-refractivity contribution in [3.8, 4) is 0 Å². The SMILES string of the molecule is Nc1cc(C(=O)O)cc(S(N)(=O)=O)c1N1CCOCC1. The number of carboxylic acid groups (broad SMARTS) is 1. The topological polar surface area (TPSA) is 136 Å². The second kappa shape index (κ2) is 5.27. The minimum atomic E-state index is -4.09. The summed E-state index contributed by atoms with van der Waals surface area (Å²) in [7, 11) is -4.09. The molecule has 20 heavy (non-hydrogen) atoms. The van der Waals surface area contributed by atoms with Gasteiger partial charge in [-0.05, 0) is 12.1 Å². The van der Waals surface area contributed by atoms with E-state index in [4.69, 9.17) is 20.7 Å². The van der Waals surface area contributed by atoms with E-state index < -0.39 is 16.0 Å². The van der Waals surface area contributed by atoms with Gasteiger partial charge in [-0.15, -0.1) is 0 Å². The van der Waals surface area contributed by atoms with Gasteiger partial charge >= 0.3 is 5.97 Å². The van der Waals surface area contributed by atoms with Gasteiger partial charge < -0.3 is 20.5 Å². The van der Waals surface area contributed by atoms with Crippen LogP contribution in [0.25, 0.3) is 0 Å². The molecule has 1 fully saturated rings. The third-order valence-electron chi connectivity index (χ3n) is 2.99. The molecule has 9 heteroatoms. The first-order chi connectivity index (χ1) is 9.30. The minimum Gasteiger partial charge on any atom is -0.478 e. The minimum absolute atomic E-state index is 0.0656. The van der Waals surface area contributed by atoms with Crippen molar-refractivity contribution in [2.75, 3.05) is 36.9 Å². The first-order valence-electron chi connectivity index (χ1n) is 5.83.